The molecule has 0 aliphatic rings. The summed E-state index contributed by atoms with van der Waals surface area (Å²) in [4.78, 5) is 3.84. The summed E-state index contributed by atoms with van der Waals surface area (Å²) in [6.45, 7) is 6.03. The van der Waals surface area contributed by atoms with Gasteiger partial charge in [-0.3, -0.25) is 4.90 Å². The largest absolute Gasteiger partial charge is 0.329 e. The number of rotatable bonds is 5. The SMILES string of the molecule is CCN(CCN)Cc1cc2sccc2s1. The van der Waals surface area contributed by atoms with Gasteiger partial charge in [-0.25, -0.2) is 0 Å². The summed E-state index contributed by atoms with van der Waals surface area (Å²) in [5, 5.41) is 2.16. The summed E-state index contributed by atoms with van der Waals surface area (Å²) in [6.07, 6.45) is 0. The first kappa shape index (κ1) is 11.1. The molecule has 2 aromatic rings. The molecule has 2 aromatic heterocycles. The van der Waals surface area contributed by atoms with Gasteiger partial charge in [0.25, 0.3) is 0 Å². The summed E-state index contributed by atoms with van der Waals surface area (Å²) < 4.78 is 2.83. The van der Waals surface area contributed by atoms with Crippen LogP contribution in [0.3, 0.4) is 0 Å². The number of likely N-dealkylation sites (N-methyl/N-ethyl adjacent to an activating group) is 1. The third-order valence-corrected chi connectivity index (χ3v) is 4.54. The van der Waals surface area contributed by atoms with E-state index in [2.05, 4.69) is 29.3 Å². The Labute approximate surface area is 98.3 Å². The second-order valence-electron chi connectivity index (χ2n) is 3.52. The van der Waals surface area contributed by atoms with Gasteiger partial charge in [-0.1, -0.05) is 6.92 Å². The van der Waals surface area contributed by atoms with Gasteiger partial charge in [-0.2, -0.15) is 0 Å². The van der Waals surface area contributed by atoms with Crippen LogP contribution in [0.4, 0.5) is 0 Å². The Hall–Kier alpha value is -0.420. The van der Waals surface area contributed by atoms with Crippen molar-refractivity contribution in [1.29, 1.82) is 0 Å². The van der Waals surface area contributed by atoms with E-state index < -0.39 is 0 Å². The maximum Gasteiger partial charge on any atom is 0.0453 e. The Kier molecular flexibility index (Phi) is 3.75. The smallest absolute Gasteiger partial charge is 0.0453 e. The molecule has 0 aromatic carbocycles. The molecule has 0 saturated heterocycles. The highest BCUT2D eigenvalue weighted by Gasteiger charge is 2.06. The molecule has 0 amide bonds. The van der Waals surface area contributed by atoms with Crippen LogP contribution >= 0.6 is 22.7 Å². The van der Waals surface area contributed by atoms with Crippen molar-refractivity contribution >= 4 is 32.1 Å². The van der Waals surface area contributed by atoms with Gasteiger partial charge in [-0.15, -0.1) is 22.7 Å². The molecule has 0 unspecified atom stereocenters. The number of hydrogen-bond acceptors (Lipinski definition) is 4. The minimum atomic E-state index is 0.744. The quantitative estimate of drug-likeness (QED) is 0.870. The third-order valence-electron chi connectivity index (χ3n) is 2.46. The highest BCUT2D eigenvalue weighted by atomic mass is 32.1. The lowest BCUT2D eigenvalue weighted by Gasteiger charge is -2.17. The second kappa shape index (κ2) is 5.07. The fourth-order valence-electron chi connectivity index (χ4n) is 1.65. The van der Waals surface area contributed by atoms with Gasteiger partial charge in [0.05, 0.1) is 0 Å². The number of thiophene rings is 2. The molecule has 82 valence electrons. The molecule has 0 bridgehead atoms. The van der Waals surface area contributed by atoms with E-state index in [0.29, 0.717) is 0 Å². The van der Waals surface area contributed by atoms with Crippen LogP contribution in [-0.2, 0) is 6.54 Å². The molecule has 2 rings (SSSR count). The van der Waals surface area contributed by atoms with Crippen molar-refractivity contribution in [2.75, 3.05) is 19.6 Å². The molecule has 15 heavy (non-hydrogen) atoms. The molecule has 2 N–H and O–H groups in total. The predicted molar refractivity (Wildman–Crippen MR) is 69.7 cm³/mol. The number of nitrogens with zero attached hydrogens (tertiary/aromatic N) is 1. The van der Waals surface area contributed by atoms with Gasteiger partial charge >= 0.3 is 0 Å². The zero-order valence-electron chi connectivity index (χ0n) is 8.90. The van der Waals surface area contributed by atoms with Crippen LogP contribution < -0.4 is 5.73 Å². The van der Waals surface area contributed by atoms with Crippen LogP contribution in [0.1, 0.15) is 11.8 Å². The lowest BCUT2D eigenvalue weighted by molar-refractivity contribution is 0.291. The van der Waals surface area contributed by atoms with E-state index in [9.17, 15) is 0 Å². The number of nitrogens with two attached hydrogens (primary N) is 1. The van der Waals surface area contributed by atoms with Gasteiger partial charge in [0, 0.05) is 33.9 Å². The molecular weight excluding hydrogens is 224 g/mol. The van der Waals surface area contributed by atoms with Crippen molar-refractivity contribution in [3.8, 4) is 0 Å². The van der Waals surface area contributed by atoms with Gasteiger partial charge in [0.15, 0.2) is 0 Å². The first-order valence-electron chi connectivity index (χ1n) is 5.22. The number of hydrogen-bond donors (Lipinski definition) is 1. The molecule has 2 nitrogen and oxygen atoms in total. The van der Waals surface area contributed by atoms with Crippen LogP contribution in [0.5, 0.6) is 0 Å². The van der Waals surface area contributed by atoms with Crippen LogP contribution in [0.25, 0.3) is 9.40 Å². The third kappa shape index (κ3) is 2.58. The maximum absolute atomic E-state index is 5.58. The van der Waals surface area contributed by atoms with E-state index in [0.717, 1.165) is 26.2 Å². The van der Waals surface area contributed by atoms with E-state index in [1.54, 1.807) is 0 Å². The summed E-state index contributed by atoms with van der Waals surface area (Å²) in [6, 6.07) is 4.51. The van der Waals surface area contributed by atoms with E-state index in [-0.39, 0.29) is 0 Å². The summed E-state index contributed by atoms with van der Waals surface area (Å²) >= 11 is 3.72. The zero-order valence-corrected chi connectivity index (χ0v) is 10.5. The minimum Gasteiger partial charge on any atom is -0.329 e. The van der Waals surface area contributed by atoms with Crippen molar-refractivity contribution in [1.82, 2.24) is 4.90 Å². The van der Waals surface area contributed by atoms with Gasteiger partial charge in [-0.05, 0) is 24.1 Å². The summed E-state index contributed by atoms with van der Waals surface area (Å²) in [5.41, 5.74) is 5.58. The normalized spacial score (nSPS) is 11.7. The van der Waals surface area contributed by atoms with Crippen LogP contribution in [0, 0.1) is 0 Å². The Balaban J connectivity index is 2.07. The average Bonchev–Trinajstić information content (AvgIpc) is 2.77. The van der Waals surface area contributed by atoms with Gasteiger partial charge < -0.3 is 5.73 Å². The second-order valence-corrected chi connectivity index (χ2v) is 5.64. The molecule has 4 heteroatoms. The van der Waals surface area contributed by atoms with Crippen molar-refractivity contribution in [2.45, 2.75) is 13.5 Å². The average molecular weight is 240 g/mol. The molecule has 0 spiro atoms. The monoisotopic (exact) mass is 240 g/mol. The van der Waals surface area contributed by atoms with Crippen LogP contribution in [0.15, 0.2) is 17.5 Å². The van der Waals surface area contributed by atoms with E-state index in [1.165, 1.54) is 14.3 Å². The van der Waals surface area contributed by atoms with Crippen molar-refractivity contribution in [3.63, 3.8) is 0 Å². The van der Waals surface area contributed by atoms with Gasteiger partial charge in [0.1, 0.15) is 0 Å². The lowest BCUT2D eigenvalue weighted by atomic mass is 10.4. The molecular formula is C11H16N2S2. The lowest BCUT2D eigenvalue weighted by Crippen LogP contribution is -2.28. The van der Waals surface area contributed by atoms with Crippen LogP contribution in [-0.4, -0.2) is 24.5 Å². The number of fused-ring (bicyclic) bond motifs is 1. The van der Waals surface area contributed by atoms with Crippen molar-refractivity contribution in [2.24, 2.45) is 5.73 Å². The molecule has 0 saturated carbocycles. The zero-order chi connectivity index (χ0) is 10.7. The fraction of sp³-hybridized carbons (Fsp3) is 0.455. The molecule has 0 atom stereocenters. The van der Waals surface area contributed by atoms with Crippen molar-refractivity contribution in [3.05, 3.63) is 22.4 Å². The molecule has 0 aliphatic heterocycles. The standard InChI is InChI=1S/C11H16N2S2/c1-2-13(5-4-12)8-9-7-11-10(15-9)3-6-14-11/h3,6-7H,2,4-5,8,12H2,1H3. The Morgan fingerprint density at radius 2 is 2.27 bits per heavy atom. The first-order valence-corrected chi connectivity index (χ1v) is 6.91. The summed E-state index contributed by atoms with van der Waals surface area (Å²) in [7, 11) is 0. The van der Waals surface area contributed by atoms with E-state index >= 15 is 0 Å². The molecule has 0 radical (unpaired) electrons. The highest BCUT2D eigenvalue weighted by molar-refractivity contribution is 7.26. The van der Waals surface area contributed by atoms with Gasteiger partial charge in [0.2, 0.25) is 0 Å². The first-order chi connectivity index (χ1) is 7.33. The Bertz CT molecular complexity index is 390. The van der Waals surface area contributed by atoms with E-state index in [1.807, 2.05) is 22.7 Å². The maximum atomic E-state index is 5.58. The Morgan fingerprint density at radius 1 is 1.40 bits per heavy atom. The topological polar surface area (TPSA) is 29.3 Å². The molecule has 0 fully saturated rings. The van der Waals surface area contributed by atoms with Crippen molar-refractivity contribution < 1.29 is 0 Å². The fourth-order valence-corrected chi connectivity index (χ4v) is 3.82. The Morgan fingerprint density at radius 3 is 2.93 bits per heavy atom. The minimum absolute atomic E-state index is 0.744. The van der Waals surface area contributed by atoms with E-state index in [4.69, 9.17) is 5.73 Å². The highest BCUT2D eigenvalue weighted by Crippen LogP contribution is 2.30. The molecule has 0 aliphatic carbocycles. The van der Waals surface area contributed by atoms with Crippen LogP contribution in [0.2, 0.25) is 0 Å². The summed E-state index contributed by atoms with van der Waals surface area (Å²) in [5.74, 6) is 0. The predicted octanol–water partition coefficient (Wildman–Crippen LogP) is 2.74. The molecule has 2 heterocycles.